The molecule has 0 aliphatic carbocycles. The number of ether oxygens (including phenoxy) is 3. The highest BCUT2D eigenvalue weighted by Crippen LogP contribution is 2.39. The molecule has 0 amide bonds. The lowest BCUT2D eigenvalue weighted by atomic mass is 9.95. The quantitative estimate of drug-likeness (QED) is 0.146. The number of hydrogen-bond donors (Lipinski definition) is 3. The number of hydrogen-bond acceptors (Lipinski definition) is 10. The van der Waals surface area contributed by atoms with Gasteiger partial charge >= 0.3 is 6.01 Å². The van der Waals surface area contributed by atoms with Crippen molar-refractivity contribution in [1.29, 1.82) is 0 Å². The molecule has 2 aliphatic rings. The molecule has 10 nitrogen and oxygen atoms in total. The number of nitrogens with two attached hydrogens (primary N) is 1. The Morgan fingerprint density at radius 1 is 1.10 bits per heavy atom. The van der Waals surface area contributed by atoms with Gasteiger partial charge in [0.05, 0.1) is 26.4 Å². The monoisotopic (exact) mass is 679 g/mol. The van der Waals surface area contributed by atoms with Gasteiger partial charge in [-0.25, -0.2) is 18.2 Å². The van der Waals surface area contributed by atoms with Crippen LogP contribution in [0, 0.1) is 12.7 Å². The van der Waals surface area contributed by atoms with Gasteiger partial charge in [0.25, 0.3) is 0 Å². The van der Waals surface area contributed by atoms with Gasteiger partial charge in [-0.05, 0) is 70.0 Å². The van der Waals surface area contributed by atoms with Gasteiger partial charge in [-0.2, -0.15) is 9.97 Å². The molecule has 4 heterocycles. The van der Waals surface area contributed by atoms with Gasteiger partial charge in [0, 0.05) is 43.3 Å². The first-order chi connectivity index (χ1) is 23.2. The van der Waals surface area contributed by atoms with Gasteiger partial charge in [-0.3, -0.25) is 4.90 Å². The molecule has 3 aromatic rings. The van der Waals surface area contributed by atoms with Crippen molar-refractivity contribution in [3.05, 3.63) is 29.1 Å². The van der Waals surface area contributed by atoms with E-state index in [4.69, 9.17) is 19.9 Å². The number of rotatable bonds is 11. The third-order valence-corrected chi connectivity index (χ3v) is 7.91. The lowest BCUT2D eigenvalue weighted by Crippen LogP contribution is -2.40. The smallest absolute Gasteiger partial charge is 0.318 e. The Morgan fingerprint density at radius 3 is 2.46 bits per heavy atom. The summed E-state index contributed by atoms with van der Waals surface area (Å²) in [5.74, 6) is -0.437. The van der Waals surface area contributed by atoms with Crippen molar-refractivity contribution in [2.75, 3.05) is 64.6 Å². The minimum absolute atomic E-state index is 0.0634. The van der Waals surface area contributed by atoms with Crippen molar-refractivity contribution < 1.29 is 27.4 Å². The normalized spacial score (nSPS) is 16.1. The third-order valence-electron chi connectivity index (χ3n) is 7.91. The van der Waals surface area contributed by atoms with E-state index in [1.165, 1.54) is 39.1 Å². The van der Waals surface area contributed by atoms with Crippen molar-refractivity contribution in [1.82, 2.24) is 25.2 Å². The number of nitrogen functional groups attached to an aromatic ring is 1. The van der Waals surface area contributed by atoms with Crippen LogP contribution >= 0.6 is 0 Å². The zero-order chi connectivity index (χ0) is 35.8. The highest BCUT2D eigenvalue weighted by atomic mass is 19.3. The van der Waals surface area contributed by atoms with Crippen LogP contribution < -0.4 is 25.8 Å². The van der Waals surface area contributed by atoms with Gasteiger partial charge in [-0.15, -0.1) is 0 Å². The van der Waals surface area contributed by atoms with Gasteiger partial charge in [0.2, 0.25) is 12.3 Å². The summed E-state index contributed by atoms with van der Waals surface area (Å²) in [4.78, 5) is 15.6. The largest absolute Gasteiger partial charge is 0.474 e. The van der Waals surface area contributed by atoms with Crippen LogP contribution in [0.15, 0.2) is 12.1 Å². The van der Waals surface area contributed by atoms with Gasteiger partial charge < -0.3 is 30.6 Å². The van der Waals surface area contributed by atoms with Gasteiger partial charge in [-0.1, -0.05) is 34.6 Å². The number of likely N-dealkylation sites (N-methyl/N-ethyl adjacent to an activating group) is 1. The third kappa shape index (κ3) is 10.8. The number of benzene rings is 1. The van der Waals surface area contributed by atoms with E-state index in [0.29, 0.717) is 30.8 Å². The van der Waals surface area contributed by atoms with Crippen LogP contribution in [0.3, 0.4) is 0 Å². The number of pyridine rings is 1. The molecule has 2 aromatic heterocycles. The SMILES string of the molecule is C1CC2COCCN2C1.CC.CC.CCC(C)Oc1nc(-c2cc(N)cc(C)c2CC(F)F)c(F)c2nc(OC)nc(NCCNC)c12. The number of nitrogens with one attached hydrogen (secondary N) is 2. The molecule has 1 aromatic carbocycles. The molecule has 0 bridgehead atoms. The maximum atomic E-state index is 16.1. The highest BCUT2D eigenvalue weighted by Gasteiger charge is 2.28. The minimum atomic E-state index is -2.64. The number of nitrogens with zero attached hydrogens (tertiary/aromatic N) is 4. The number of morpholine rings is 1. The summed E-state index contributed by atoms with van der Waals surface area (Å²) in [6, 6.07) is 3.73. The van der Waals surface area contributed by atoms with Crippen LogP contribution in [0.2, 0.25) is 0 Å². The Bertz CT molecular complexity index is 1400. The second-order valence-corrected chi connectivity index (χ2v) is 11.1. The summed E-state index contributed by atoms with van der Waals surface area (Å²) in [6.07, 6.45) is -0.0796. The second-order valence-electron chi connectivity index (χ2n) is 11.1. The number of methoxy groups -OCH3 is 1. The average Bonchev–Trinajstić information content (AvgIpc) is 3.58. The lowest BCUT2D eigenvalue weighted by molar-refractivity contribution is 0.0129. The first kappa shape index (κ1) is 40.8. The first-order valence-electron chi connectivity index (χ1n) is 17.2. The molecule has 2 aliphatic heterocycles. The molecule has 13 heteroatoms. The maximum absolute atomic E-state index is 16.1. The second kappa shape index (κ2) is 20.8. The van der Waals surface area contributed by atoms with Crippen LogP contribution in [-0.2, 0) is 11.2 Å². The Balaban J connectivity index is 0.000000514. The van der Waals surface area contributed by atoms with Gasteiger partial charge in [0.15, 0.2) is 5.82 Å². The van der Waals surface area contributed by atoms with Crippen LogP contribution in [-0.4, -0.2) is 92.0 Å². The summed E-state index contributed by atoms with van der Waals surface area (Å²) in [5, 5.41) is 6.39. The molecule has 0 saturated carbocycles. The fraction of sp³-hybridized carbons (Fsp3) is 0.629. The summed E-state index contributed by atoms with van der Waals surface area (Å²) < 4.78 is 59.5. The number of aryl methyl sites for hydroxylation is 1. The summed E-state index contributed by atoms with van der Waals surface area (Å²) in [7, 11) is 3.17. The van der Waals surface area contributed by atoms with E-state index in [1.54, 1.807) is 20.0 Å². The van der Waals surface area contributed by atoms with E-state index in [9.17, 15) is 8.78 Å². The molecule has 4 N–H and O–H groups in total. The molecule has 0 radical (unpaired) electrons. The van der Waals surface area contributed by atoms with E-state index >= 15 is 4.39 Å². The Labute approximate surface area is 284 Å². The van der Waals surface area contributed by atoms with E-state index in [-0.39, 0.29) is 51.5 Å². The molecule has 270 valence electrons. The lowest BCUT2D eigenvalue weighted by Gasteiger charge is -2.28. The van der Waals surface area contributed by atoms with Crippen molar-refractivity contribution >= 4 is 22.4 Å². The molecule has 5 rings (SSSR count). The Hall–Kier alpha value is -3.42. The van der Waals surface area contributed by atoms with E-state index in [0.717, 1.165) is 19.3 Å². The van der Waals surface area contributed by atoms with Crippen molar-refractivity contribution in [2.45, 2.75) is 92.7 Å². The zero-order valence-corrected chi connectivity index (χ0v) is 30.2. The summed E-state index contributed by atoms with van der Waals surface area (Å²) in [5.41, 5.74) is 6.96. The number of anilines is 2. The Kier molecular flexibility index (Phi) is 17.7. The van der Waals surface area contributed by atoms with Crippen LogP contribution in [0.25, 0.3) is 22.2 Å². The van der Waals surface area contributed by atoms with Gasteiger partial charge in [0.1, 0.15) is 22.4 Å². The van der Waals surface area contributed by atoms with E-state index in [1.807, 2.05) is 41.5 Å². The molecule has 48 heavy (non-hydrogen) atoms. The zero-order valence-electron chi connectivity index (χ0n) is 30.2. The molecule has 2 atom stereocenters. The molecular formula is C35H56F3N7O3. The molecule has 0 spiro atoms. The summed E-state index contributed by atoms with van der Waals surface area (Å²) >= 11 is 0. The van der Waals surface area contributed by atoms with Crippen LogP contribution in [0.5, 0.6) is 11.9 Å². The minimum Gasteiger partial charge on any atom is -0.474 e. The fourth-order valence-corrected chi connectivity index (χ4v) is 5.44. The maximum Gasteiger partial charge on any atom is 0.318 e. The number of aromatic nitrogens is 3. The molecular weight excluding hydrogens is 623 g/mol. The standard InChI is InChI=1S/C24H31F3N6O2.C7H13NO.2C2H6/c1-6-13(3)35-23-18-21(32-24(34-5)33-22(18)30-8-7-29-4)19(27)20(31-23)16-10-14(28)9-12(2)15(16)11-17(25)26;1-2-7-6-9-5-4-8(7)3-1;2*1-2/h9-10,13,17,29H,6-8,11,28H2,1-5H3,(H,30,32,33);7H,1-6H2;2*1-2H3. The summed E-state index contributed by atoms with van der Waals surface area (Å²) in [6.45, 7) is 19.0. The highest BCUT2D eigenvalue weighted by molar-refractivity contribution is 5.96. The number of fused-ring (bicyclic) bond motifs is 2. The fourth-order valence-electron chi connectivity index (χ4n) is 5.44. The van der Waals surface area contributed by atoms with Crippen molar-refractivity contribution in [3.63, 3.8) is 0 Å². The number of alkyl halides is 2. The molecule has 2 saturated heterocycles. The number of halogens is 3. The average molecular weight is 680 g/mol. The van der Waals surface area contributed by atoms with Crippen LogP contribution in [0.1, 0.15) is 71.9 Å². The van der Waals surface area contributed by atoms with E-state index < -0.39 is 18.7 Å². The molecule has 2 unspecified atom stereocenters. The topological polar surface area (TPSA) is 120 Å². The Morgan fingerprint density at radius 2 is 1.83 bits per heavy atom. The van der Waals surface area contributed by atoms with Crippen LogP contribution in [0.4, 0.5) is 24.7 Å². The predicted molar refractivity (Wildman–Crippen MR) is 189 cm³/mol. The first-order valence-corrected chi connectivity index (χ1v) is 17.2. The van der Waals surface area contributed by atoms with Crippen molar-refractivity contribution in [3.8, 4) is 23.1 Å². The molecule has 2 fully saturated rings. The predicted octanol–water partition coefficient (Wildman–Crippen LogP) is 6.88. The van der Waals surface area contributed by atoms with Crippen molar-refractivity contribution in [2.24, 2.45) is 0 Å². The van der Waals surface area contributed by atoms with E-state index in [2.05, 4.69) is 30.5 Å².